The van der Waals surface area contributed by atoms with Gasteiger partial charge >= 0.3 is 0 Å². The van der Waals surface area contributed by atoms with Crippen molar-refractivity contribution in [3.05, 3.63) is 65.2 Å². The summed E-state index contributed by atoms with van der Waals surface area (Å²) in [6, 6.07) is 16.8. The summed E-state index contributed by atoms with van der Waals surface area (Å²) >= 11 is 0. The fourth-order valence-electron chi connectivity index (χ4n) is 7.52. The molecule has 4 bridgehead atoms. The van der Waals surface area contributed by atoms with Gasteiger partial charge in [-0.3, -0.25) is 9.59 Å². The van der Waals surface area contributed by atoms with E-state index < -0.39 is 0 Å². The molecule has 2 unspecified atom stereocenters. The monoisotopic (exact) mass is 430 g/mol. The molecule has 168 valence electrons. The first-order chi connectivity index (χ1) is 15.3. The van der Waals surface area contributed by atoms with E-state index in [1.165, 1.54) is 24.8 Å². The van der Waals surface area contributed by atoms with E-state index >= 15 is 0 Å². The van der Waals surface area contributed by atoms with Crippen molar-refractivity contribution in [1.82, 2.24) is 4.90 Å². The van der Waals surface area contributed by atoms with Crippen LogP contribution in [0.5, 0.6) is 0 Å². The summed E-state index contributed by atoms with van der Waals surface area (Å²) in [7, 11) is 1.81. The highest BCUT2D eigenvalue weighted by Gasteiger charge is 2.61. The van der Waals surface area contributed by atoms with Crippen molar-refractivity contribution in [2.24, 2.45) is 17.3 Å². The number of hydrogen-bond donors (Lipinski definition) is 1. The molecule has 4 saturated carbocycles. The van der Waals surface area contributed by atoms with E-state index in [9.17, 15) is 9.59 Å². The Kier molecular flexibility index (Phi) is 5.15. The minimum absolute atomic E-state index is 0.0992. The Labute approximate surface area is 191 Å². The molecule has 4 atom stereocenters. The third-order valence-corrected chi connectivity index (χ3v) is 8.37. The number of rotatable bonds is 5. The summed E-state index contributed by atoms with van der Waals surface area (Å²) in [6.45, 7) is 4.09. The van der Waals surface area contributed by atoms with E-state index in [0.717, 1.165) is 36.1 Å². The summed E-state index contributed by atoms with van der Waals surface area (Å²) in [4.78, 5) is 28.4. The number of benzene rings is 2. The zero-order valence-corrected chi connectivity index (χ0v) is 19.5. The fourth-order valence-corrected chi connectivity index (χ4v) is 7.52. The molecule has 2 amide bonds. The smallest absolute Gasteiger partial charge is 0.243 e. The van der Waals surface area contributed by atoms with Crippen LogP contribution in [0.1, 0.15) is 55.2 Å². The third kappa shape index (κ3) is 3.54. The van der Waals surface area contributed by atoms with E-state index in [-0.39, 0.29) is 29.2 Å². The highest BCUT2D eigenvalue weighted by molar-refractivity contribution is 5.96. The molecule has 4 fully saturated rings. The third-order valence-electron chi connectivity index (χ3n) is 8.37. The van der Waals surface area contributed by atoms with Crippen molar-refractivity contribution in [2.45, 2.75) is 57.8 Å². The van der Waals surface area contributed by atoms with Gasteiger partial charge in [0.2, 0.25) is 11.8 Å². The average molecular weight is 431 g/mol. The Morgan fingerprint density at radius 1 is 0.938 bits per heavy atom. The minimum atomic E-state index is -0.312. The second-order valence-corrected chi connectivity index (χ2v) is 10.9. The molecule has 2 aromatic carbocycles. The number of carbonyl (C=O) groups is 2. The van der Waals surface area contributed by atoms with Crippen molar-refractivity contribution in [3.63, 3.8) is 0 Å². The van der Waals surface area contributed by atoms with E-state index in [4.69, 9.17) is 0 Å². The van der Waals surface area contributed by atoms with Crippen LogP contribution in [0, 0.1) is 31.1 Å². The number of nitrogens with zero attached hydrogens (tertiary/aromatic N) is 1. The molecule has 32 heavy (non-hydrogen) atoms. The molecule has 2 aromatic rings. The van der Waals surface area contributed by atoms with Gasteiger partial charge in [-0.1, -0.05) is 48.5 Å². The first kappa shape index (κ1) is 21.2. The quantitative estimate of drug-likeness (QED) is 0.705. The maximum absolute atomic E-state index is 13.8. The number of para-hydroxylation sites is 1. The first-order valence-electron chi connectivity index (χ1n) is 12.0. The van der Waals surface area contributed by atoms with E-state index in [1.807, 2.05) is 32.0 Å². The standard InChI is InChI=1S/C28H34N2O2/c1-19-8-7-9-20(2)25(19)29-24(31)17-30(3)26(32)28-15-21-12-22(16-28)14-27(13-21,18-28)23-10-5-4-6-11-23/h4-11,21-22H,12-18H2,1-3H3,(H,29,31)/t21-,22+,27?,28?. The van der Waals surface area contributed by atoms with Crippen LogP contribution in [0.2, 0.25) is 0 Å². The number of likely N-dealkylation sites (N-methyl/N-ethyl adjacent to an activating group) is 1. The molecule has 0 radical (unpaired) electrons. The number of nitrogens with one attached hydrogen (secondary N) is 1. The van der Waals surface area contributed by atoms with E-state index in [0.29, 0.717) is 11.8 Å². The van der Waals surface area contributed by atoms with E-state index in [1.54, 1.807) is 11.9 Å². The summed E-state index contributed by atoms with van der Waals surface area (Å²) in [5.41, 5.74) is 4.16. The predicted octanol–water partition coefficient (Wildman–Crippen LogP) is 5.24. The van der Waals surface area contributed by atoms with Crippen molar-refractivity contribution in [1.29, 1.82) is 0 Å². The highest BCUT2D eigenvalue weighted by atomic mass is 16.2. The van der Waals surface area contributed by atoms with Crippen LogP contribution in [-0.2, 0) is 15.0 Å². The molecule has 1 N–H and O–H groups in total. The van der Waals surface area contributed by atoms with Crippen molar-refractivity contribution in [2.75, 3.05) is 18.9 Å². The largest absolute Gasteiger partial charge is 0.336 e. The summed E-state index contributed by atoms with van der Waals surface area (Å²) < 4.78 is 0. The van der Waals surface area contributed by atoms with Crippen LogP contribution >= 0.6 is 0 Å². The highest BCUT2D eigenvalue weighted by Crippen LogP contribution is 2.66. The van der Waals surface area contributed by atoms with Gasteiger partial charge in [-0.15, -0.1) is 0 Å². The Bertz CT molecular complexity index is 1010. The number of amides is 2. The van der Waals surface area contributed by atoms with Crippen LogP contribution in [0.3, 0.4) is 0 Å². The zero-order chi connectivity index (χ0) is 22.5. The second-order valence-electron chi connectivity index (χ2n) is 10.9. The molecule has 4 nitrogen and oxygen atoms in total. The molecule has 0 saturated heterocycles. The van der Waals surface area contributed by atoms with Gasteiger partial charge in [-0.05, 0) is 86.3 Å². The second kappa shape index (κ2) is 7.75. The van der Waals surface area contributed by atoms with Gasteiger partial charge in [-0.2, -0.15) is 0 Å². The van der Waals surface area contributed by atoms with E-state index in [2.05, 4.69) is 35.6 Å². The van der Waals surface area contributed by atoms with Gasteiger partial charge in [0.15, 0.2) is 0 Å². The van der Waals surface area contributed by atoms with Gasteiger partial charge in [0.05, 0.1) is 12.0 Å². The lowest BCUT2D eigenvalue weighted by molar-refractivity contribution is -0.159. The maximum Gasteiger partial charge on any atom is 0.243 e. The molecule has 0 aromatic heterocycles. The van der Waals surface area contributed by atoms with Gasteiger partial charge in [0.25, 0.3) is 0 Å². The van der Waals surface area contributed by atoms with Gasteiger partial charge in [0.1, 0.15) is 0 Å². The Balaban J connectivity index is 1.34. The fraction of sp³-hybridized carbons (Fsp3) is 0.500. The van der Waals surface area contributed by atoms with Crippen molar-refractivity contribution >= 4 is 17.5 Å². The van der Waals surface area contributed by atoms with Crippen LogP contribution in [0.15, 0.2) is 48.5 Å². The molecular weight excluding hydrogens is 396 g/mol. The minimum Gasteiger partial charge on any atom is -0.336 e. The Hall–Kier alpha value is -2.62. The van der Waals surface area contributed by atoms with Crippen molar-refractivity contribution < 1.29 is 9.59 Å². The lowest BCUT2D eigenvalue weighted by Gasteiger charge is -2.62. The average Bonchev–Trinajstić information content (AvgIpc) is 2.75. The molecule has 0 heterocycles. The first-order valence-corrected chi connectivity index (χ1v) is 12.0. The molecular formula is C28H34N2O2. The van der Waals surface area contributed by atoms with Gasteiger partial charge in [0, 0.05) is 12.7 Å². The number of carbonyl (C=O) groups excluding carboxylic acids is 2. The lowest BCUT2D eigenvalue weighted by Crippen LogP contribution is -2.59. The predicted molar refractivity (Wildman–Crippen MR) is 127 cm³/mol. The normalized spacial score (nSPS) is 30.2. The lowest BCUT2D eigenvalue weighted by atomic mass is 9.42. The molecule has 0 aliphatic heterocycles. The van der Waals surface area contributed by atoms with Gasteiger partial charge in [-0.25, -0.2) is 0 Å². The summed E-state index contributed by atoms with van der Waals surface area (Å²) in [6.07, 6.45) is 6.58. The molecule has 6 rings (SSSR count). The number of hydrogen-bond acceptors (Lipinski definition) is 2. The van der Waals surface area contributed by atoms with Crippen molar-refractivity contribution in [3.8, 4) is 0 Å². The van der Waals surface area contributed by atoms with Crippen LogP contribution < -0.4 is 5.32 Å². The molecule has 4 heteroatoms. The Morgan fingerprint density at radius 3 is 2.19 bits per heavy atom. The molecule has 0 spiro atoms. The van der Waals surface area contributed by atoms with Crippen LogP contribution in [0.4, 0.5) is 5.69 Å². The van der Waals surface area contributed by atoms with Crippen LogP contribution in [0.25, 0.3) is 0 Å². The Morgan fingerprint density at radius 2 is 1.56 bits per heavy atom. The SMILES string of the molecule is Cc1cccc(C)c1NC(=O)CN(C)C(=O)C12C[C@H]3C[C@@H](C1)CC(c1ccccc1)(C3)C2. The number of aryl methyl sites for hydroxylation is 2. The maximum atomic E-state index is 13.8. The van der Waals surface area contributed by atoms with Crippen LogP contribution in [-0.4, -0.2) is 30.3 Å². The summed E-state index contributed by atoms with van der Waals surface area (Å²) in [5.74, 6) is 1.29. The molecule has 4 aliphatic rings. The topological polar surface area (TPSA) is 49.4 Å². The zero-order valence-electron chi connectivity index (χ0n) is 19.5. The molecule has 4 aliphatic carbocycles. The summed E-state index contributed by atoms with van der Waals surface area (Å²) in [5, 5.41) is 3.04. The number of anilines is 1. The van der Waals surface area contributed by atoms with Gasteiger partial charge < -0.3 is 10.2 Å².